The molecular weight excluding hydrogens is 630 g/mol. The largest absolute Gasteiger partial charge is 0.481 e. The zero-order valence-electron chi connectivity index (χ0n) is 27.3. The van der Waals surface area contributed by atoms with Crippen LogP contribution in [0.4, 0.5) is 17.6 Å². The molecule has 1 unspecified atom stereocenters. The third kappa shape index (κ3) is 7.61. The number of benzene rings is 1. The van der Waals surface area contributed by atoms with Crippen molar-refractivity contribution in [1.29, 1.82) is 0 Å². The van der Waals surface area contributed by atoms with Gasteiger partial charge in [-0.05, 0) is 98.1 Å². The SMILES string of the molecule is Cc1cc(F)cc(C)c1-c1cc(C(CC(=O)O)NC(=O)[C@H](CC(C)C)n2cc(CCN3CCC3)c(C(F)(F)F)cc2=O)cn2ccnc12. The van der Waals surface area contributed by atoms with Gasteiger partial charge in [-0.1, -0.05) is 13.8 Å². The van der Waals surface area contributed by atoms with Gasteiger partial charge in [-0.15, -0.1) is 0 Å². The lowest BCUT2D eigenvalue weighted by Gasteiger charge is -2.31. The minimum absolute atomic E-state index is 0.0443. The summed E-state index contributed by atoms with van der Waals surface area (Å²) in [4.78, 5) is 45.9. The van der Waals surface area contributed by atoms with Crippen molar-refractivity contribution in [1.82, 2.24) is 24.2 Å². The van der Waals surface area contributed by atoms with E-state index in [-0.39, 0.29) is 24.3 Å². The topological polar surface area (TPSA) is 109 Å². The van der Waals surface area contributed by atoms with Crippen LogP contribution in [0.2, 0.25) is 0 Å². The summed E-state index contributed by atoms with van der Waals surface area (Å²) in [5, 5.41) is 12.7. The van der Waals surface area contributed by atoms with Crippen molar-refractivity contribution >= 4 is 17.5 Å². The highest BCUT2D eigenvalue weighted by atomic mass is 19.4. The predicted octanol–water partition coefficient (Wildman–Crippen LogP) is 6.11. The number of fused-ring (bicyclic) bond motifs is 1. The van der Waals surface area contributed by atoms with Crippen LogP contribution < -0.4 is 10.9 Å². The molecule has 0 saturated carbocycles. The molecule has 13 heteroatoms. The Morgan fingerprint density at radius 2 is 1.75 bits per heavy atom. The Bertz CT molecular complexity index is 1870. The Balaban J connectivity index is 1.56. The highest BCUT2D eigenvalue weighted by Crippen LogP contribution is 2.35. The first-order chi connectivity index (χ1) is 22.6. The van der Waals surface area contributed by atoms with Gasteiger partial charge < -0.3 is 24.3 Å². The number of pyridine rings is 2. The average molecular weight is 670 g/mol. The van der Waals surface area contributed by atoms with Gasteiger partial charge in [0.15, 0.2) is 0 Å². The maximum atomic E-state index is 14.2. The molecule has 4 heterocycles. The van der Waals surface area contributed by atoms with Crippen LogP contribution in [0.5, 0.6) is 0 Å². The van der Waals surface area contributed by atoms with E-state index in [1.165, 1.54) is 12.1 Å². The molecular formula is C35H39F4N5O4. The van der Waals surface area contributed by atoms with Crippen LogP contribution in [-0.2, 0) is 22.2 Å². The number of halogens is 4. The van der Waals surface area contributed by atoms with E-state index < -0.39 is 53.5 Å². The number of amides is 1. The summed E-state index contributed by atoms with van der Waals surface area (Å²) in [7, 11) is 0. The van der Waals surface area contributed by atoms with Crippen molar-refractivity contribution in [2.24, 2.45) is 5.92 Å². The highest BCUT2D eigenvalue weighted by Gasteiger charge is 2.36. The van der Waals surface area contributed by atoms with Crippen LogP contribution >= 0.6 is 0 Å². The van der Waals surface area contributed by atoms with Crippen LogP contribution in [0.3, 0.4) is 0 Å². The number of alkyl halides is 3. The van der Waals surface area contributed by atoms with Gasteiger partial charge in [0, 0.05) is 43.0 Å². The first-order valence-corrected chi connectivity index (χ1v) is 15.9. The molecule has 1 aromatic carbocycles. The van der Waals surface area contributed by atoms with Crippen molar-refractivity contribution in [3.8, 4) is 11.1 Å². The van der Waals surface area contributed by atoms with E-state index in [1.807, 2.05) is 18.7 Å². The Labute approximate surface area is 275 Å². The van der Waals surface area contributed by atoms with Crippen LogP contribution in [0.15, 0.2) is 53.8 Å². The van der Waals surface area contributed by atoms with Crippen LogP contribution in [0, 0.1) is 25.6 Å². The molecule has 9 nitrogen and oxygen atoms in total. The maximum absolute atomic E-state index is 14.2. The second-order valence-corrected chi connectivity index (χ2v) is 13.0. The number of hydrogen-bond acceptors (Lipinski definition) is 5. The molecule has 1 aliphatic rings. The van der Waals surface area contributed by atoms with Gasteiger partial charge in [-0.3, -0.25) is 14.4 Å². The molecule has 1 fully saturated rings. The van der Waals surface area contributed by atoms with E-state index in [0.717, 1.165) is 30.3 Å². The number of carbonyl (C=O) groups excluding carboxylic acids is 1. The molecule has 256 valence electrons. The smallest absolute Gasteiger partial charge is 0.416 e. The molecule has 2 atom stereocenters. The lowest BCUT2D eigenvalue weighted by Crippen LogP contribution is -2.41. The number of aryl methyl sites for hydroxylation is 2. The summed E-state index contributed by atoms with van der Waals surface area (Å²) in [5.74, 6) is -2.46. The van der Waals surface area contributed by atoms with E-state index in [4.69, 9.17) is 0 Å². The third-order valence-electron chi connectivity index (χ3n) is 8.82. The van der Waals surface area contributed by atoms with Gasteiger partial charge in [-0.25, -0.2) is 9.37 Å². The van der Waals surface area contributed by atoms with Gasteiger partial charge in [0.2, 0.25) is 5.91 Å². The van der Waals surface area contributed by atoms with Crippen LogP contribution in [0.25, 0.3) is 16.8 Å². The Morgan fingerprint density at radius 3 is 2.33 bits per heavy atom. The van der Waals surface area contributed by atoms with Gasteiger partial charge in [0.05, 0.1) is 18.0 Å². The molecule has 0 radical (unpaired) electrons. The molecule has 0 bridgehead atoms. The number of aliphatic carboxylic acids is 1. The quantitative estimate of drug-likeness (QED) is 0.177. The van der Waals surface area contributed by atoms with Crippen molar-refractivity contribution in [2.75, 3.05) is 19.6 Å². The van der Waals surface area contributed by atoms with Crippen LogP contribution in [0.1, 0.15) is 73.0 Å². The van der Waals surface area contributed by atoms with Gasteiger partial charge in [0.25, 0.3) is 5.56 Å². The first-order valence-electron chi connectivity index (χ1n) is 15.9. The van der Waals surface area contributed by atoms with Crippen LogP contribution in [-0.4, -0.2) is 55.5 Å². The third-order valence-corrected chi connectivity index (χ3v) is 8.82. The molecule has 0 aliphatic carbocycles. The molecule has 3 aromatic heterocycles. The number of carboxylic acid groups (broad SMARTS) is 1. The summed E-state index contributed by atoms with van der Waals surface area (Å²) in [6.07, 6.45) is 1.87. The second-order valence-electron chi connectivity index (χ2n) is 13.0. The highest BCUT2D eigenvalue weighted by molar-refractivity contribution is 5.84. The summed E-state index contributed by atoms with van der Waals surface area (Å²) < 4.78 is 59.0. The number of nitrogens with zero attached hydrogens (tertiary/aromatic N) is 4. The lowest BCUT2D eigenvalue weighted by molar-refractivity contribution is -0.139. The molecule has 4 aromatic rings. The van der Waals surface area contributed by atoms with E-state index in [0.29, 0.717) is 46.1 Å². The molecule has 1 saturated heterocycles. The van der Waals surface area contributed by atoms with Crippen molar-refractivity contribution in [3.05, 3.63) is 93.0 Å². The summed E-state index contributed by atoms with van der Waals surface area (Å²) in [6.45, 7) is 9.11. The average Bonchev–Trinajstić information content (AvgIpc) is 3.43. The van der Waals surface area contributed by atoms with E-state index >= 15 is 0 Å². The fourth-order valence-electron chi connectivity index (χ4n) is 6.44. The lowest BCUT2D eigenvalue weighted by atomic mass is 9.93. The molecule has 48 heavy (non-hydrogen) atoms. The van der Waals surface area contributed by atoms with E-state index in [2.05, 4.69) is 10.3 Å². The fourth-order valence-corrected chi connectivity index (χ4v) is 6.44. The number of imidazole rings is 1. The molecule has 1 aliphatic heterocycles. The second kappa shape index (κ2) is 13.9. The van der Waals surface area contributed by atoms with Crippen molar-refractivity contribution < 1.29 is 32.3 Å². The number of carboxylic acids is 1. The van der Waals surface area contributed by atoms with Crippen molar-refractivity contribution in [2.45, 2.75) is 71.6 Å². The standard InChI is InChI=1S/C35H39F4N5O4/c1-20(2)12-29(44-19-23(6-10-42-8-5-9-42)27(16-30(44)45)35(37,38)39)34(48)41-28(17-31(46)47)24-15-26(33-40-7-11-43(33)18-24)32-21(3)13-25(36)14-22(32)4/h7,11,13-16,18-20,28-29H,5-6,8-10,12,17H2,1-4H3,(H,41,48)(H,46,47)/t28?,29-/m0/s1. The summed E-state index contributed by atoms with van der Waals surface area (Å²) in [5.41, 5.74) is 1.44. The Morgan fingerprint density at radius 1 is 1.06 bits per heavy atom. The number of likely N-dealkylation sites (tertiary alicyclic amines) is 1. The minimum atomic E-state index is -4.75. The van der Waals surface area contributed by atoms with Gasteiger partial charge in [0.1, 0.15) is 17.5 Å². The minimum Gasteiger partial charge on any atom is -0.481 e. The molecule has 0 spiro atoms. The summed E-state index contributed by atoms with van der Waals surface area (Å²) >= 11 is 0. The predicted molar refractivity (Wildman–Crippen MR) is 172 cm³/mol. The van der Waals surface area contributed by atoms with E-state index in [9.17, 15) is 37.1 Å². The van der Waals surface area contributed by atoms with Gasteiger partial charge >= 0.3 is 12.1 Å². The van der Waals surface area contributed by atoms with Gasteiger partial charge in [-0.2, -0.15) is 13.2 Å². The zero-order valence-corrected chi connectivity index (χ0v) is 27.3. The summed E-state index contributed by atoms with van der Waals surface area (Å²) in [6, 6.07) is 2.73. The molecule has 2 N–H and O–H groups in total. The fraction of sp³-hybridized carbons (Fsp3) is 0.429. The number of rotatable bonds is 12. The number of nitrogens with one attached hydrogen (secondary N) is 1. The molecule has 5 rings (SSSR count). The monoisotopic (exact) mass is 669 g/mol. The zero-order chi connectivity index (χ0) is 34.9. The normalized spacial score (nSPS) is 15.0. The number of carbonyl (C=O) groups is 2. The number of hydrogen-bond donors (Lipinski definition) is 2. The van der Waals surface area contributed by atoms with Crippen molar-refractivity contribution in [3.63, 3.8) is 0 Å². The molecule has 1 amide bonds. The maximum Gasteiger partial charge on any atom is 0.416 e. The Kier molecular flexibility index (Phi) is 10.1. The number of aromatic nitrogens is 3. The van der Waals surface area contributed by atoms with E-state index in [1.54, 1.807) is 42.9 Å². The first kappa shape index (κ1) is 34.8. The Hall–Kier alpha value is -4.52.